The molecular weight excluding hydrogens is 210 g/mol. The fourth-order valence-corrected chi connectivity index (χ4v) is 2.65. The van der Waals surface area contributed by atoms with Crippen LogP contribution in [0.3, 0.4) is 0 Å². The topological polar surface area (TPSA) is 49.8 Å². The van der Waals surface area contributed by atoms with E-state index in [-0.39, 0.29) is 0 Å². The van der Waals surface area contributed by atoms with Crippen LogP contribution in [-0.4, -0.2) is 45.1 Å². The van der Waals surface area contributed by atoms with E-state index in [1.54, 1.807) is 0 Å². The monoisotopic (exact) mass is 231 g/mol. The second-order valence-electron chi connectivity index (χ2n) is 5.34. The molecule has 5 heteroatoms. The molecule has 1 rings (SSSR count). The van der Waals surface area contributed by atoms with E-state index in [0.717, 1.165) is 12.8 Å². The molecule has 88 valence electrons. The third-order valence-corrected chi connectivity index (χ3v) is 3.97. The van der Waals surface area contributed by atoms with Crippen molar-refractivity contribution in [3.8, 4) is 0 Å². The predicted octanol–water partition coefficient (Wildman–Crippen LogP) is 1.45. The van der Waals surface area contributed by atoms with Crippen LogP contribution in [0.15, 0.2) is 0 Å². The van der Waals surface area contributed by atoms with Crippen molar-refractivity contribution in [1.29, 1.82) is 0 Å². The molecule has 0 atom stereocenters. The lowest BCUT2D eigenvalue weighted by atomic mass is 10.1. The third-order valence-electron chi connectivity index (χ3n) is 2.46. The quantitative estimate of drug-likeness (QED) is 0.732. The molecule has 1 fully saturated rings. The summed E-state index contributed by atoms with van der Waals surface area (Å²) in [6.07, 6.45) is 1.21. The van der Waals surface area contributed by atoms with Crippen molar-refractivity contribution in [2.45, 2.75) is 44.8 Å². The van der Waals surface area contributed by atoms with E-state index in [4.69, 9.17) is 9.53 Å². The fraction of sp³-hybridized carbons (Fsp3) is 0.900. The predicted molar refractivity (Wildman–Crippen MR) is 62.0 cm³/mol. The summed E-state index contributed by atoms with van der Waals surface area (Å²) >= 11 is 0. The SMILES string of the molecule is CC(C)(C)[SiH2]OC1CCN(C(=O)O)CC1. The number of carbonyl (C=O) groups is 1. The van der Waals surface area contributed by atoms with E-state index < -0.39 is 15.9 Å². The normalized spacial score (nSPS) is 20.1. The Morgan fingerprint density at radius 3 is 2.33 bits per heavy atom. The first-order valence-corrected chi connectivity index (χ1v) is 6.76. The maximum atomic E-state index is 10.7. The Morgan fingerprint density at radius 2 is 1.93 bits per heavy atom. The van der Waals surface area contributed by atoms with E-state index >= 15 is 0 Å². The first kappa shape index (κ1) is 12.5. The van der Waals surface area contributed by atoms with Gasteiger partial charge in [0.1, 0.15) is 0 Å². The van der Waals surface area contributed by atoms with Crippen LogP contribution in [0.25, 0.3) is 0 Å². The molecule has 1 N–H and O–H groups in total. The van der Waals surface area contributed by atoms with Crippen LogP contribution in [0.1, 0.15) is 33.6 Å². The van der Waals surface area contributed by atoms with Gasteiger partial charge in [0.2, 0.25) is 0 Å². The first-order chi connectivity index (χ1) is 6.88. The average Bonchev–Trinajstić information content (AvgIpc) is 2.14. The number of likely N-dealkylation sites (tertiary alicyclic amines) is 1. The average molecular weight is 231 g/mol. The minimum atomic E-state index is -0.804. The van der Waals surface area contributed by atoms with Crippen molar-refractivity contribution in [1.82, 2.24) is 4.90 Å². The van der Waals surface area contributed by atoms with Crippen molar-refractivity contribution in [3.05, 3.63) is 0 Å². The van der Waals surface area contributed by atoms with Crippen LogP contribution in [0.2, 0.25) is 5.04 Å². The molecule has 1 heterocycles. The highest BCUT2D eigenvalue weighted by Gasteiger charge is 2.23. The van der Waals surface area contributed by atoms with Gasteiger partial charge in [-0.25, -0.2) is 4.79 Å². The fourth-order valence-electron chi connectivity index (χ4n) is 1.58. The number of rotatable bonds is 2. The summed E-state index contributed by atoms with van der Waals surface area (Å²) in [7, 11) is -0.497. The molecule has 0 radical (unpaired) electrons. The maximum Gasteiger partial charge on any atom is 0.407 e. The number of nitrogens with zero attached hydrogens (tertiary/aromatic N) is 1. The summed E-state index contributed by atoms with van der Waals surface area (Å²) in [4.78, 5) is 12.1. The minimum absolute atomic E-state index is 0.298. The molecule has 1 aliphatic rings. The van der Waals surface area contributed by atoms with Crippen molar-refractivity contribution >= 4 is 15.9 Å². The van der Waals surface area contributed by atoms with Crippen molar-refractivity contribution in [3.63, 3.8) is 0 Å². The molecule has 1 saturated heterocycles. The Morgan fingerprint density at radius 1 is 1.40 bits per heavy atom. The van der Waals surface area contributed by atoms with E-state index in [2.05, 4.69) is 20.8 Å². The maximum absolute atomic E-state index is 10.7. The van der Waals surface area contributed by atoms with Gasteiger partial charge in [0, 0.05) is 19.2 Å². The van der Waals surface area contributed by atoms with E-state index in [1.165, 1.54) is 4.90 Å². The standard InChI is InChI=1S/C10H21NO3Si/c1-10(2,3)15-14-8-4-6-11(7-5-8)9(12)13/h8H,4-7,15H2,1-3H3,(H,12,13). The largest absolute Gasteiger partial charge is 0.465 e. The molecule has 0 aromatic rings. The van der Waals surface area contributed by atoms with Gasteiger partial charge in [-0.3, -0.25) is 0 Å². The Labute approximate surface area is 93.5 Å². The van der Waals surface area contributed by atoms with Gasteiger partial charge in [0.25, 0.3) is 0 Å². The smallest absolute Gasteiger partial charge is 0.407 e. The van der Waals surface area contributed by atoms with Crippen LogP contribution < -0.4 is 0 Å². The zero-order chi connectivity index (χ0) is 11.5. The van der Waals surface area contributed by atoms with Gasteiger partial charge >= 0.3 is 6.09 Å². The zero-order valence-electron chi connectivity index (χ0n) is 9.82. The van der Waals surface area contributed by atoms with E-state index in [0.29, 0.717) is 24.2 Å². The van der Waals surface area contributed by atoms with Crippen molar-refractivity contribution in [2.24, 2.45) is 0 Å². The molecule has 0 unspecified atom stereocenters. The van der Waals surface area contributed by atoms with E-state index in [1.807, 2.05) is 0 Å². The van der Waals surface area contributed by atoms with Crippen molar-refractivity contribution < 1.29 is 14.3 Å². The Hall–Kier alpha value is -0.553. The highest BCUT2D eigenvalue weighted by Crippen LogP contribution is 2.23. The lowest BCUT2D eigenvalue weighted by Gasteiger charge is -2.31. The number of hydrogen-bond donors (Lipinski definition) is 1. The Kier molecular flexibility index (Phi) is 4.16. The number of piperidine rings is 1. The molecule has 0 aromatic heterocycles. The Balaban J connectivity index is 2.23. The number of amides is 1. The molecule has 1 aliphatic heterocycles. The van der Waals surface area contributed by atoms with Crippen LogP contribution >= 0.6 is 0 Å². The van der Waals surface area contributed by atoms with Crippen LogP contribution in [0.5, 0.6) is 0 Å². The number of carboxylic acid groups (broad SMARTS) is 1. The first-order valence-electron chi connectivity index (χ1n) is 5.48. The highest BCUT2D eigenvalue weighted by atomic mass is 28.2. The lowest BCUT2D eigenvalue weighted by Crippen LogP contribution is -2.40. The van der Waals surface area contributed by atoms with Gasteiger partial charge in [-0.05, 0) is 17.9 Å². The summed E-state index contributed by atoms with van der Waals surface area (Å²) in [5.41, 5.74) is 0. The summed E-state index contributed by atoms with van der Waals surface area (Å²) < 4.78 is 5.89. The summed E-state index contributed by atoms with van der Waals surface area (Å²) in [6.45, 7) is 7.85. The van der Waals surface area contributed by atoms with Gasteiger partial charge in [0.05, 0.1) is 0 Å². The molecule has 4 nitrogen and oxygen atoms in total. The van der Waals surface area contributed by atoms with Gasteiger partial charge < -0.3 is 14.4 Å². The molecule has 0 saturated carbocycles. The summed E-state index contributed by atoms with van der Waals surface area (Å²) in [5, 5.41) is 9.10. The zero-order valence-corrected chi connectivity index (χ0v) is 11.2. The molecule has 0 aliphatic carbocycles. The van der Waals surface area contributed by atoms with Gasteiger partial charge in [-0.1, -0.05) is 20.8 Å². The van der Waals surface area contributed by atoms with Crippen LogP contribution in [-0.2, 0) is 4.43 Å². The molecule has 0 bridgehead atoms. The molecule has 0 spiro atoms. The summed E-state index contributed by atoms with van der Waals surface area (Å²) in [5.74, 6) is 0. The second-order valence-corrected chi connectivity index (χ2v) is 8.08. The van der Waals surface area contributed by atoms with Crippen molar-refractivity contribution in [2.75, 3.05) is 13.1 Å². The molecular formula is C10H21NO3Si. The van der Waals surface area contributed by atoms with Gasteiger partial charge in [-0.15, -0.1) is 0 Å². The van der Waals surface area contributed by atoms with E-state index in [9.17, 15) is 4.79 Å². The highest BCUT2D eigenvalue weighted by molar-refractivity contribution is 6.31. The Bertz CT molecular complexity index is 219. The minimum Gasteiger partial charge on any atom is -0.465 e. The molecule has 1 amide bonds. The number of hydrogen-bond acceptors (Lipinski definition) is 2. The molecule has 15 heavy (non-hydrogen) atoms. The van der Waals surface area contributed by atoms with Gasteiger partial charge in [-0.2, -0.15) is 0 Å². The molecule has 0 aromatic carbocycles. The lowest BCUT2D eigenvalue weighted by molar-refractivity contribution is 0.0896. The third kappa shape index (κ3) is 4.66. The van der Waals surface area contributed by atoms with Crippen LogP contribution in [0, 0.1) is 0 Å². The van der Waals surface area contributed by atoms with Crippen LogP contribution in [0.4, 0.5) is 4.79 Å². The summed E-state index contributed by atoms with van der Waals surface area (Å²) in [6, 6.07) is 0. The second kappa shape index (κ2) is 4.98. The van der Waals surface area contributed by atoms with Gasteiger partial charge in [0.15, 0.2) is 9.76 Å².